The van der Waals surface area contributed by atoms with Crippen molar-refractivity contribution in [3.63, 3.8) is 0 Å². The van der Waals surface area contributed by atoms with E-state index in [1.54, 1.807) is 0 Å². The van der Waals surface area contributed by atoms with Gasteiger partial charge >= 0.3 is 0 Å². The average molecular weight is 102 g/mol. The molecule has 0 saturated heterocycles. The summed E-state index contributed by atoms with van der Waals surface area (Å²) in [6.45, 7) is 4.19. The van der Waals surface area contributed by atoms with Crippen molar-refractivity contribution in [3.05, 3.63) is 11.4 Å². The Bertz CT molecular complexity index is 55.0. The molecule has 0 heterocycles. The van der Waals surface area contributed by atoms with Gasteiger partial charge in [0.1, 0.15) is 0 Å². The first-order valence-corrected chi connectivity index (χ1v) is 2.79. The second-order valence-corrected chi connectivity index (χ2v) is 1.96. The topological polar surface area (TPSA) is 0 Å². The lowest BCUT2D eigenvalue weighted by Gasteiger charge is -1.84. The van der Waals surface area contributed by atoms with E-state index in [1.807, 2.05) is 6.92 Å². The van der Waals surface area contributed by atoms with Gasteiger partial charge in [-0.3, -0.25) is 0 Å². The summed E-state index contributed by atoms with van der Waals surface area (Å²) >= 11 is 0. The van der Waals surface area contributed by atoms with Crippen molar-refractivity contribution < 1.29 is 0 Å². The first-order chi connectivity index (χ1) is 2.81. The van der Waals surface area contributed by atoms with E-state index in [1.165, 1.54) is 5.31 Å². The molecule has 0 saturated carbocycles. The smallest absolute Gasteiger partial charge is 0.0311 e. The molecule has 6 heavy (non-hydrogen) atoms. The van der Waals surface area contributed by atoms with Gasteiger partial charge in [0.25, 0.3) is 0 Å². The molecule has 0 aromatic heterocycles. The van der Waals surface area contributed by atoms with E-state index < -0.39 is 0 Å². The summed E-state index contributed by atoms with van der Waals surface area (Å²) in [5, 5.41) is 1.38. The maximum Gasteiger partial charge on any atom is -0.0311 e. The average Bonchev–Trinajstić information content (AvgIpc) is 1.65. The molecule has 0 amide bonds. The third kappa shape index (κ3) is 2.41. The van der Waals surface area contributed by atoms with Crippen LogP contribution in [0.15, 0.2) is 11.4 Å². The number of hydrogen-bond acceptors (Lipinski definition) is 0. The first kappa shape index (κ1) is 6.17. The Hall–Kier alpha value is 0.170. The Morgan fingerprint density at radius 3 is 2.33 bits per heavy atom. The highest BCUT2D eigenvalue weighted by Gasteiger charge is 1.73. The first-order valence-electron chi connectivity index (χ1n) is 2.22. The van der Waals surface area contributed by atoms with E-state index in [0.717, 1.165) is 6.42 Å². The molecule has 1 heteroatoms. The summed E-state index contributed by atoms with van der Waals surface area (Å²) in [5.74, 6) is 0. The Kier molecular flexibility index (Phi) is 3.46. The molecule has 0 aliphatic heterocycles. The fourth-order valence-electron chi connectivity index (χ4n) is 0.204. The molecule has 0 radical (unpaired) electrons. The molecule has 0 bridgehead atoms. The van der Waals surface area contributed by atoms with E-state index in [-0.39, 0.29) is 0 Å². The molecule has 36 valence electrons. The lowest BCUT2D eigenvalue weighted by Crippen LogP contribution is -1.57. The van der Waals surface area contributed by atoms with Gasteiger partial charge in [0.05, 0.1) is 0 Å². The molecule has 0 aromatic rings. The van der Waals surface area contributed by atoms with Crippen LogP contribution in [-0.4, -0.2) is 0 Å². The Labute approximate surface area is 41.8 Å². The van der Waals surface area contributed by atoms with Crippen molar-refractivity contribution >= 4 is 9.24 Å². The zero-order valence-electron chi connectivity index (χ0n) is 4.36. The third-order valence-corrected chi connectivity index (χ3v) is 1.52. The maximum atomic E-state index is 2.67. The number of hydrogen-bond donors (Lipinski definition) is 0. The Morgan fingerprint density at radius 1 is 1.83 bits per heavy atom. The van der Waals surface area contributed by atoms with Crippen LogP contribution < -0.4 is 0 Å². The monoisotopic (exact) mass is 102 g/mol. The summed E-state index contributed by atoms with van der Waals surface area (Å²) in [6.07, 6.45) is 3.26. The minimum Gasteiger partial charge on any atom is -0.111 e. The molecule has 0 N–H and O–H groups in total. The van der Waals surface area contributed by atoms with Crippen molar-refractivity contribution in [1.82, 2.24) is 0 Å². The molecule has 0 aliphatic rings. The largest absolute Gasteiger partial charge is 0.111 e. The minimum atomic E-state index is 1.15. The molecule has 0 nitrogen and oxygen atoms in total. The lowest BCUT2D eigenvalue weighted by atomic mass is 10.4. The summed E-state index contributed by atoms with van der Waals surface area (Å²) in [7, 11) is 2.67. The minimum absolute atomic E-state index is 1.15. The molecular formula is C5H11P. The Morgan fingerprint density at radius 2 is 2.33 bits per heavy atom. The van der Waals surface area contributed by atoms with Crippen LogP contribution in [0.3, 0.4) is 0 Å². The van der Waals surface area contributed by atoms with Gasteiger partial charge in [-0.05, 0) is 13.3 Å². The molecule has 1 atom stereocenters. The number of rotatable bonds is 1. The van der Waals surface area contributed by atoms with Crippen molar-refractivity contribution in [3.8, 4) is 0 Å². The third-order valence-electron chi connectivity index (χ3n) is 0.779. The van der Waals surface area contributed by atoms with Gasteiger partial charge in [-0.15, -0.1) is 9.24 Å². The molecule has 0 spiro atoms. The van der Waals surface area contributed by atoms with Crippen molar-refractivity contribution in [2.45, 2.75) is 20.3 Å². The standard InChI is InChI=1S/C5H11P/c1-3-5(6)4-2/h3H,4,6H2,1-2H3/b5-3+. The van der Waals surface area contributed by atoms with Crippen LogP contribution in [0.1, 0.15) is 20.3 Å². The van der Waals surface area contributed by atoms with Crippen LogP contribution in [0.5, 0.6) is 0 Å². The van der Waals surface area contributed by atoms with Crippen LogP contribution in [0, 0.1) is 0 Å². The highest BCUT2D eigenvalue weighted by Crippen LogP contribution is 2.07. The van der Waals surface area contributed by atoms with Crippen LogP contribution in [-0.2, 0) is 0 Å². The van der Waals surface area contributed by atoms with Crippen molar-refractivity contribution in [1.29, 1.82) is 0 Å². The van der Waals surface area contributed by atoms with Gasteiger partial charge in [0.2, 0.25) is 0 Å². The van der Waals surface area contributed by atoms with Crippen molar-refractivity contribution in [2.75, 3.05) is 0 Å². The van der Waals surface area contributed by atoms with E-state index in [9.17, 15) is 0 Å². The second-order valence-electron chi connectivity index (χ2n) is 1.22. The summed E-state index contributed by atoms with van der Waals surface area (Å²) in [5.41, 5.74) is 0. The predicted molar refractivity (Wildman–Crippen MR) is 33.8 cm³/mol. The van der Waals surface area contributed by atoms with E-state index in [2.05, 4.69) is 22.2 Å². The molecule has 1 unspecified atom stereocenters. The van der Waals surface area contributed by atoms with Crippen LogP contribution in [0.4, 0.5) is 0 Å². The SMILES string of the molecule is C/C=C(/P)CC. The zero-order valence-corrected chi connectivity index (χ0v) is 5.52. The van der Waals surface area contributed by atoms with E-state index in [4.69, 9.17) is 0 Å². The highest BCUT2D eigenvalue weighted by molar-refractivity contribution is 7.22. The zero-order chi connectivity index (χ0) is 4.99. The fourth-order valence-corrected chi connectivity index (χ4v) is 0.204. The predicted octanol–water partition coefficient (Wildman–Crippen LogP) is 2.18. The molecule has 0 aliphatic carbocycles. The fraction of sp³-hybridized carbons (Fsp3) is 0.600. The van der Waals surface area contributed by atoms with Crippen molar-refractivity contribution in [2.24, 2.45) is 0 Å². The van der Waals surface area contributed by atoms with E-state index >= 15 is 0 Å². The summed E-state index contributed by atoms with van der Waals surface area (Å²) in [4.78, 5) is 0. The summed E-state index contributed by atoms with van der Waals surface area (Å²) in [6, 6.07) is 0. The van der Waals surface area contributed by atoms with Gasteiger partial charge in [0.15, 0.2) is 0 Å². The van der Waals surface area contributed by atoms with Gasteiger partial charge in [0, 0.05) is 0 Å². The lowest BCUT2D eigenvalue weighted by molar-refractivity contribution is 1.19. The highest BCUT2D eigenvalue weighted by atomic mass is 31.0. The van der Waals surface area contributed by atoms with Gasteiger partial charge in [-0.25, -0.2) is 0 Å². The second kappa shape index (κ2) is 3.36. The van der Waals surface area contributed by atoms with E-state index in [0.29, 0.717) is 0 Å². The summed E-state index contributed by atoms with van der Waals surface area (Å²) < 4.78 is 0. The number of allylic oxidation sites excluding steroid dienone is 2. The quantitative estimate of drug-likeness (QED) is 0.445. The molecule has 0 fully saturated rings. The molecule has 0 rings (SSSR count). The van der Waals surface area contributed by atoms with Gasteiger partial charge < -0.3 is 0 Å². The van der Waals surface area contributed by atoms with Crippen LogP contribution in [0.25, 0.3) is 0 Å². The molecular weight excluding hydrogens is 91.0 g/mol. The maximum absolute atomic E-state index is 2.67. The van der Waals surface area contributed by atoms with Gasteiger partial charge in [-0.2, -0.15) is 0 Å². The molecule has 0 aromatic carbocycles. The van der Waals surface area contributed by atoms with Gasteiger partial charge in [-0.1, -0.05) is 18.3 Å². The van der Waals surface area contributed by atoms with Crippen LogP contribution in [0.2, 0.25) is 0 Å². The Balaban J connectivity index is 3.22. The van der Waals surface area contributed by atoms with Crippen LogP contribution >= 0.6 is 9.24 Å². The normalized spacial score (nSPS) is 12.2.